The molecule has 0 spiro atoms. The molecule has 0 rings (SSSR count). The average Bonchev–Trinajstić information content (AvgIpc) is 1.76. The van der Waals surface area contributed by atoms with Gasteiger partial charge in [0.25, 0.3) is 0 Å². The van der Waals surface area contributed by atoms with Crippen LogP contribution in [-0.2, 0) is 0 Å². The molecular formula is C5H18N6O4S. The Bertz CT molecular complexity index is 156. The van der Waals surface area contributed by atoms with E-state index in [2.05, 4.69) is 47.0 Å². The molecule has 0 radical (unpaired) electrons. The number of urea groups is 3. The molecule has 0 heterocycles. The second-order valence-corrected chi connectivity index (χ2v) is 2.59. The Kier molecular flexibility index (Phi) is 27.9. The zero-order chi connectivity index (χ0) is 14.3. The monoisotopic (exact) mass is 258 g/mol. The Hall–Kier alpha value is -1.88. The Labute approximate surface area is 97.7 Å². The van der Waals surface area contributed by atoms with Gasteiger partial charge in [-0.25, -0.2) is 14.4 Å². The summed E-state index contributed by atoms with van der Waals surface area (Å²) in [6.45, 7) is 1.59. The summed E-state index contributed by atoms with van der Waals surface area (Å²) < 4.78 is 0. The molecule has 1 atom stereocenters. The first-order valence-corrected chi connectivity index (χ1v) is 3.95. The standard InChI is InChI=1S/C2H6OS.3CH4N2O/c1-2(3)4;3*2-1(3)4/h2-4H,1H3;3*(H4,2,3,4). The molecule has 10 nitrogen and oxygen atoms in total. The van der Waals surface area contributed by atoms with Crippen LogP contribution >= 0.6 is 12.6 Å². The summed E-state index contributed by atoms with van der Waals surface area (Å²) in [5.41, 5.74) is 25.0. The van der Waals surface area contributed by atoms with Crippen LogP contribution in [0, 0.1) is 0 Å². The van der Waals surface area contributed by atoms with E-state index in [1.807, 2.05) is 0 Å². The van der Waals surface area contributed by atoms with E-state index in [0.29, 0.717) is 0 Å². The topological polar surface area (TPSA) is 228 Å². The highest BCUT2D eigenvalue weighted by Crippen LogP contribution is 1.78. The van der Waals surface area contributed by atoms with Crippen LogP contribution in [0.15, 0.2) is 0 Å². The quantitative estimate of drug-likeness (QED) is 0.171. The summed E-state index contributed by atoms with van der Waals surface area (Å²) in [6, 6.07) is -2.50. The van der Waals surface area contributed by atoms with Gasteiger partial charge in [0, 0.05) is 0 Å². The zero-order valence-electron chi connectivity index (χ0n) is 8.66. The molecule has 0 aliphatic carbocycles. The smallest absolute Gasteiger partial charge is 0.309 e. The van der Waals surface area contributed by atoms with Crippen molar-refractivity contribution in [1.82, 2.24) is 0 Å². The molecule has 0 aromatic carbocycles. The zero-order valence-corrected chi connectivity index (χ0v) is 9.56. The Morgan fingerprint density at radius 1 is 0.875 bits per heavy atom. The molecule has 0 fully saturated rings. The molecule has 0 saturated heterocycles. The lowest BCUT2D eigenvalue weighted by molar-refractivity contribution is 0.255. The first-order valence-electron chi connectivity index (χ1n) is 3.44. The van der Waals surface area contributed by atoms with Crippen molar-refractivity contribution in [3.05, 3.63) is 0 Å². The summed E-state index contributed by atoms with van der Waals surface area (Å²) >= 11 is 3.52. The lowest BCUT2D eigenvalue weighted by Gasteiger charge is -1.79. The molecule has 1 unspecified atom stereocenters. The van der Waals surface area contributed by atoms with Crippen LogP contribution in [0.1, 0.15) is 6.92 Å². The first-order chi connectivity index (χ1) is 6.93. The highest BCUT2D eigenvalue weighted by atomic mass is 32.1. The van der Waals surface area contributed by atoms with E-state index in [1.54, 1.807) is 6.92 Å². The minimum atomic E-state index is -0.833. The molecule has 0 aromatic rings. The fourth-order valence-electron chi connectivity index (χ4n) is 0. The van der Waals surface area contributed by atoms with Gasteiger partial charge in [-0.05, 0) is 6.92 Å². The molecule has 16 heavy (non-hydrogen) atoms. The van der Waals surface area contributed by atoms with E-state index in [-0.39, 0.29) is 0 Å². The third kappa shape index (κ3) is 424. The minimum absolute atomic E-state index is 0.472. The van der Waals surface area contributed by atoms with Crippen LogP contribution in [0.4, 0.5) is 14.4 Å². The number of carbonyl (C=O) groups is 3. The van der Waals surface area contributed by atoms with Crippen molar-refractivity contribution in [2.75, 3.05) is 0 Å². The maximum Gasteiger partial charge on any atom is 0.309 e. The molecule has 0 aliphatic rings. The van der Waals surface area contributed by atoms with Crippen molar-refractivity contribution in [1.29, 1.82) is 0 Å². The van der Waals surface area contributed by atoms with Gasteiger partial charge in [-0.3, -0.25) is 0 Å². The average molecular weight is 258 g/mol. The summed E-state index contributed by atoms with van der Waals surface area (Å²) in [7, 11) is 0. The fourth-order valence-corrected chi connectivity index (χ4v) is 0. The van der Waals surface area contributed by atoms with Crippen molar-refractivity contribution >= 4 is 30.7 Å². The van der Waals surface area contributed by atoms with Crippen LogP contribution in [0.2, 0.25) is 0 Å². The maximum absolute atomic E-state index is 9.00. The number of rotatable bonds is 0. The number of aliphatic hydroxyl groups excluding tert-OH is 1. The van der Waals surface area contributed by atoms with Gasteiger partial charge in [0.15, 0.2) is 0 Å². The molecular weight excluding hydrogens is 240 g/mol. The number of primary amides is 6. The van der Waals surface area contributed by atoms with Crippen LogP contribution < -0.4 is 34.4 Å². The van der Waals surface area contributed by atoms with Gasteiger partial charge in [0.2, 0.25) is 0 Å². The number of amides is 6. The summed E-state index contributed by atoms with van der Waals surface area (Å²) in [4.78, 5) is 27.0. The SMILES string of the molecule is CC(O)S.NC(N)=O.NC(N)=O.NC(N)=O. The van der Waals surface area contributed by atoms with Crippen molar-refractivity contribution in [2.45, 2.75) is 12.4 Å². The molecule has 0 saturated carbocycles. The van der Waals surface area contributed by atoms with E-state index in [0.717, 1.165) is 0 Å². The first kappa shape index (κ1) is 23.7. The summed E-state index contributed by atoms with van der Waals surface area (Å²) in [5, 5.41) is 7.92. The van der Waals surface area contributed by atoms with Gasteiger partial charge < -0.3 is 39.5 Å². The minimum Gasteiger partial charge on any atom is -0.383 e. The van der Waals surface area contributed by atoms with Crippen LogP contribution in [-0.4, -0.2) is 28.6 Å². The lowest BCUT2D eigenvalue weighted by Crippen LogP contribution is -2.18. The second kappa shape index (κ2) is 18.8. The third-order valence-electron chi connectivity index (χ3n) is 0. The van der Waals surface area contributed by atoms with Crippen molar-refractivity contribution in [3.8, 4) is 0 Å². The lowest BCUT2D eigenvalue weighted by atomic mass is 10.9. The predicted molar refractivity (Wildman–Crippen MR) is 62.0 cm³/mol. The van der Waals surface area contributed by atoms with Crippen LogP contribution in [0.3, 0.4) is 0 Å². The van der Waals surface area contributed by atoms with Crippen molar-refractivity contribution in [3.63, 3.8) is 0 Å². The fraction of sp³-hybridized carbons (Fsp3) is 0.400. The second-order valence-electron chi connectivity index (χ2n) is 1.84. The third-order valence-corrected chi connectivity index (χ3v) is 0. The molecule has 0 bridgehead atoms. The highest BCUT2D eigenvalue weighted by Gasteiger charge is 1.70. The molecule has 6 amide bonds. The molecule has 0 aromatic heterocycles. The van der Waals surface area contributed by atoms with Gasteiger partial charge in [0.1, 0.15) is 0 Å². The van der Waals surface area contributed by atoms with E-state index < -0.39 is 23.5 Å². The summed E-state index contributed by atoms with van der Waals surface area (Å²) in [5.74, 6) is 0. The van der Waals surface area contributed by atoms with E-state index in [9.17, 15) is 0 Å². The van der Waals surface area contributed by atoms with E-state index in [1.165, 1.54) is 0 Å². The van der Waals surface area contributed by atoms with E-state index >= 15 is 0 Å². The van der Waals surface area contributed by atoms with E-state index in [4.69, 9.17) is 19.5 Å². The number of hydrogen-bond donors (Lipinski definition) is 8. The number of thiol groups is 1. The van der Waals surface area contributed by atoms with Gasteiger partial charge >= 0.3 is 18.1 Å². The molecule has 98 valence electrons. The Morgan fingerprint density at radius 2 is 0.875 bits per heavy atom. The number of nitrogens with two attached hydrogens (primary N) is 6. The normalized spacial score (nSPS) is 8.44. The van der Waals surface area contributed by atoms with Crippen molar-refractivity contribution in [2.24, 2.45) is 34.4 Å². The molecule has 11 heteroatoms. The molecule has 13 N–H and O–H groups in total. The number of carbonyl (C=O) groups excluding carboxylic acids is 3. The number of hydrogen-bond acceptors (Lipinski definition) is 5. The van der Waals surface area contributed by atoms with Gasteiger partial charge in [-0.1, -0.05) is 0 Å². The van der Waals surface area contributed by atoms with Crippen molar-refractivity contribution < 1.29 is 19.5 Å². The van der Waals surface area contributed by atoms with Gasteiger partial charge in [-0.15, -0.1) is 12.6 Å². The maximum atomic E-state index is 9.00. The van der Waals surface area contributed by atoms with Crippen LogP contribution in [0.25, 0.3) is 0 Å². The van der Waals surface area contributed by atoms with Gasteiger partial charge in [-0.2, -0.15) is 0 Å². The van der Waals surface area contributed by atoms with Crippen LogP contribution in [0.5, 0.6) is 0 Å². The molecule has 0 aliphatic heterocycles. The predicted octanol–water partition coefficient (Wildman–Crippen LogP) is -2.67. The Balaban J connectivity index is -0.0000000600. The summed E-state index contributed by atoms with van der Waals surface area (Å²) in [6.07, 6.45) is 0. The van der Waals surface area contributed by atoms with Gasteiger partial charge in [0.05, 0.1) is 5.44 Å². The highest BCUT2D eigenvalue weighted by molar-refractivity contribution is 7.80. The Morgan fingerprint density at radius 3 is 0.875 bits per heavy atom. The largest absolute Gasteiger partial charge is 0.383 e. The number of aliphatic hydroxyl groups is 1.